The summed E-state index contributed by atoms with van der Waals surface area (Å²) in [6.45, 7) is 12.6. The normalized spacial score (nSPS) is 8.56. The lowest BCUT2D eigenvalue weighted by atomic mass is 10.4. The van der Waals surface area contributed by atoms with E-state index in [1.807, 2.05) is 27.7 Å². The summed E-state index contributed by atoms with van der Waals surface area (Å²) in [4.78, 5) is 10.8. The number of hydrogen-bond acceptors (Lipinski definition) is 3. The number of unbranched alkanes of at least 4 members (excludes halogenated alkanes) is 1. The SMILES string of the molecule is CC.CC.CCCCOCCOCCC(=O)NC. The minimum absolute atomic E-state index is 0.0110. The predicted molar refractivity (Wildman–Crippen MR) is 77.9 cm³/mol. The number of ether oxygens (including phenoxy) is 2. The van der Waals surface area contributed by atoms with Gasteiger partial charge in [-0.15, -0.1) is 0 Å². The van der Waals surface area contributed by atoms with Crippen LogP contribution in [0.25, 0.3) is 0 Å². The first-order chi connectivity index (χ1) is 8.81. The van der Waals surface area contributed by atoms with Crippen molar-refractivity contribution in [3.8, 4) is 0 Å². The Kier molecular flexibility index (Phi) is 31.7. The van der Waals surface area contributed by atoms with Gasteiger partial charge in [-0.3, -0.25) is 4.79 Å². The van der Waals surface area contributed by atoms with Crippen molar-refractivity contribution in [1.29, 1.82) is 0 Å². The van der Waals surface area contributed by atoms with Gasteiger partial charge in [-0.25, -0.2) is 0 Å². The van der Waals surface area contributed by atoms with Gasteiger partial charge in [-0.2, -0.15) is 0 Å². The minimum Gasteiger partial charge on any atom is -0.379 e. The highest BCUT2D eigenvalue weighted by molar-refractivity contribution is 5.75. The molecular formula is C14H33NO3. The van der Waals surface area contributed by atoms with Crippen molar-refractivity contribution in [3.63, 3.8) is 0 Å². The summed E-state index contributed by atoms with van der Waals surface area (Å²) in [6, 6.07) is 0. The minimum atomic E-state index is 0.0110. The van der Waals surface area contributed by atoms with Crippen LogP contribution in [0, 0.1) is 0 Å². The number of carbonyl (C=O) groups is 1. The summed E-state index contributed by atoms with van der Waals surface area (Å²) in [6.07, 6.45) is 2.67. The Bertz CT molecular complexity index is 141. The van der Waals surface area contributed by atoms with Crippen LogP contribution in [0.4, 0.5) is 0 Å². The van der Waals surface area contributed by atoms with Gasteiger partial charge in [-0.05, 0) is 6.42 Å². The van der Waals surface area contributed by atoms with Crippen LogP contribution >= 0.6 is 0 Å². The zero-order valence-corrected chi connectivity index (χ0v) is 13.2. The topological polar surface area (TPSA) is 47.6 Å². The van der Waals surface area contributed by atoms with Crippen LogP contribution in [0.15, 0.2) is 0 Å². The highest BCUT2D eigenvalue weighted by Gasteiger charge is 1.96. The second-order valence-corrected chi connectivity index (χ2v) is 3.00. The molecule has 1 N–H and O–H groups in total. The molecule has 0 aliphatic rings. The molecule has 0 aliphatic carbocycles. The lowest BCUT2D eigenvalue weighted by molar-refractivity contribution is -0.121. The second-order valence-electron chi connectivity index (χ2n) is 3.00. The van der Waals surface area contributed by atoms with Crippen LogP contribution in [-0.2, 0) is 14.3 Å². The van der Waals surface area contributed by atoms with Gasteiger partial charge in [-0.1, -0.05) is 41.0 Å². The average molecular weight is 263 g/mol. The molecule has 0 atom stereocenters. The van der Waals surface area contributed by atoms with Gasteiger partial charge in [0.25, 0.3) is 0 Å². The third-order valence-electron chi connectivity index (χ3n) is 1.77. The van der Waals surface area contributed by atoms with Gasteiger partial charge in [0, 0.05) is 20.1 Å². The lowest BCUT2D eigenvalue weighted by Crippen LogP contribution is -2.19. The fourth-order valence-electron chi connectivity index (χ4n) is 0.858. The van der Waals surface area contributed by atoms with Crippen molar-refractivity contribution >= 4 is 5.91 Å². The van der Waals surface area contributed by atoms with Crippen LogP contribution in [0.2, 0.25) is 0 Å². The van der Waals surface area contributed by atoms with E-state index in [9.17, 15) is 4.79 Å². The molecule has 0 heterocycles. The highest BCUT2D eigenvalue weighted by Crippen LogP contribution is 1.88. The van der Waals surface area contributed by atoms with E-state index in [2.05, 4.69) is 12.2 Å². The lowest BCUT2D eigenvalue weighted by Gasteiger charge is -2.04. The summed E-state index contributed by atoms with van der Waals surface area (Å²) >= 11 is 0. The maximum Gasteiger partial charge on any atom is 0.222 e. The summed E-state index contributed by atoms with van der Waals surface area (Å²) < 4.78 is 10.5. The molecule has 0 aromatic heterocycles. The molecule has 1 amide bonds. The van der Waals surface area contributed by atoms with Gasteiger partial charge in [0.05, 0.1) is 19.8 Å². The predicted octanol–water partition coefficient (Wildman–Crippen LogP) is 3.01. The first kappa shape index (κ1) is 22.6. The van der Waals surface area contributed by atoms with Crippen molar-refractivity contribution in [2.24, 2.45) is 0 Å². The smallest absolute Gasteiger partial charge is 0.222 e. The molecule has 0 unspecified atom stereocenters. The second kappa shape index (κ2) is 25.3. The Balaban J connectivity index is -0.000000506. The Labute approximate surface area is 113 Å². The molecule has 0 bridgehead atoms. The molecule has 0 saturated heterocycles. The third-order valence-corrected chi connectivity index (χ3v) is 1.77. The van der Waals surface area contributed by atoms with Crippen LogP contribution in [0.3, 0.4) is 0 Å². The molecule has 0 spiro atoms. The number of carbonyl (C=O) groups excluding carboxylic acids is 1. The molecule has 0 aliphatic heterocycles. The first-order valence-corrected chi connectivity index (χ1v) is 7.17. The molecular weight excluding hydrogens is 230 g/mol. The van der Waals surface area contributed by atoms with Crippen molar-refractivity contribution in [2.45, 2.75) is 53.9 Å². The van der Waals surface area contributed by atoms with Crippen molar-refractivity contribution < 1.29 is 14.3 Å². The van der Waals surface area contributed by atoms with Gasteiger partial charge < -0.3 is 14.8 Å². The van der Waals surface area contributed by atoms with Gasteiger partial charge in [0.15, 0.2) is 0 Å². The molecule has 0 fully saturated rings. The van der Waals surface area contributed by atoms with Crippen molar-refractivity contribution in [1.82, 2.24) is 5.32 Å². The molecule has 112 valence electrons. The van der Waals surface area contributed by atoms with Gasteiger partial charge >= 0.3 is 0 Å². The van der Waals surface area contributed by atoms with Crippen LogP contribution < -0.4 is 5.32 Å². The molecule has 4 heteroatoms. The quantitative estimate of drug-likeness (QED) is 0.651. The molecule has 0 aromatic rings. The Morgan fingerprint density at radius 3 is 1.89 bits per heavy atom. The highest BCUT2D eigenvalue weighted by atomic mass is 16.5. The summed E-state index contributed by atoms with van der Waals surface area (Å²) in [7, 11) is 1.62. The Morgan fingerprint density at radius 2 is 1.44 bits per heavy atom. The van der Waals surface area contributed by atoms with Gasteiger partial charge in [0.1, 0.15) is 0 Å². The molecule has 0 radical (unpaired) electrons. The summed E-state index contributed by atoms with van der Waals surface area (Å²) in [5, 5.41) is 2.53. The zero-order valence-electron chi connectivity index (χ0n) is 13.2. The number of hydrogen-bond donors (Lipinski definition) is 1. The maximum absolute atomic E-state index is 10.8. The van der Waals surface area contributed by atoms with E-state index in [1.54, 1.807) is 7.05 Å². The fourth-order valence-corrected chi connectivity index (χ4v) is 0.858. The van der Waals surface area contributed by atoms with E-state index in [4.69, 9.17) is 9.47 Å². The first-order valence-electron chi connectivity index (χ1n) is 7.17. The van der Waals surface area contributed by atoms with E-state index in [0.29, 0.717) is 26.2 Å². The van der Waals surface area contributed by atoms with E-state index >= 15 is 0 Å². The maximum atomic E-state index is 10.8. The number of rotatable bonds is 9. The third kappa shape index (κ3) is 24.6. The van der Waals surface area contributed by atoms with Crippen LogP contribution in [-0.4, -0.2) is 39.4 Å². The summed E-state index contributed by atoms with van der Waals surface area (Å²) in [5.41, 5.74) is 0. The monoisotopic (exact) mass is 263 g/mol. The fraction of sp³-hybridized carbons (Fsp3) is 0.929. The summed E-state index contributed by atoms with van der Waals surface area (Å²) in [5.74, 6) is 0.0110. The number of amides is 1. The molecule has 0 saturated carbocycles. The van der Waals surface area contributed by atoms with E-state index < -0.39 is 0 Å². The number of nitrogens with one attached hydrogen (secondary N) is 1. The Morgan fingerprint density at radius 1 is 0.944 bits per heavy atom. The molecule has 0 rings (SSSR count). The average Bonchev–Trinajstić information content (AvgIpc) is 2.45. The van der Waals surface area contributed by atoms with Crippen molar-refractivity contribution in [2.75, 3.05) is 33.5 Å². The van der Waals surface area contributed by atoms with E-state index in [0.717, 1.165) is 19.4 Å². The largest absolute Gasteiger partial charge is 0.379 e. The molecule has 18 heavy (non-hydrogen) atoms. The van der Waals surface area contributed by atoms with E-state index in [-0.39, 0.29) is 5.91 Å². The van der Waals surface area contributed by atoms with Crippen molar-refractivity contribution in [3.05, 3.63) is 0 Å². The van der Waals surface area contributed by atoms with Crippen LogP contribution in [0.1, 0.15) is 53.9 Å². The Hall–Kier alpha value is -0.610. The van der Waals surface area contributed by atoms with Crippen LogP contribution in [0.5, 0.6) is 0 Å². The standard InChI is InChI=1S/C10H21NO3.2C2H6/c1-3-4-6-13-8-9-14-7-5-10(12)11-2;2*1-2/h3-9H2,1-2H3,(H,11,12);2*1-2H3. The molecule has 0 aromatic carbocycles. The molecule has 4 nitrogen and oxygen atoms in total. The van der Waals surface area contributed by atoms with Gasteiger partial charge in [0.2, 0.25) is 5.91 Å². The van der Waals surface area contributed by atoms with E-state index in [1.165, 1.54) is 0 Å². The zero-order chi connectivity index (χ0) is 14.6.